The Kier molecular flexibility index (Phi) is 6.22. The number of aromatic amines is 1. The van der Waals surface area contributed by atoms with Crippen LogP contribution in [0.15, 0.2) is 63.1 Å². The lowest BCUT2D eigenvalue weighted by Crippen LogP contribution is -2.31. The molecule has 0 atom stereocenters. The van der Waals surface area contributed by atoms with Crippen molar-refractivity contribution < 1.29 is 5.11 Å². The van der Waals surface area contributed by atoms with Gasteiger partial charge in [0.05, 0.1) is 28.6 Å². The largest absolute Gasteiger partial charge is 0.493 e. The smallest absolute Gasteiger partial charge is 0.335 e. The summed E-state index contributed by atoms with van der Waals surface area (Å²) in [7, 11) is 0. The van der Waals surface area contributed by atoms with Crippen molar-refractivity contribution in [1.82, 2.24) is 19.3 Å². The number of hydrogen-bond acceptors (Lipinski definition) is 5. The number of hydrogen-bond donors (Lipinski definition) is 2. The third-order valence-electron chi connectivity index (χ3n) is 5.16. The summed E-state index contributed by atoms with van der Waals surface area (Å²) >= 11 is 12.4. The first-order valence-corrected chi connectivity index (χ1v) is 10.7. The number of halogens is 2. The molecule has 4 aromatic rings. The van der Waals surface area contributed by atoms with Crippen LogP contribution in [-0.4, -0.2) is 30.7 Å². The second-order valence-electron chi connectivity index (χ2n) is 7.31. The molecule has 0 bridgehead atoms. The Hall–Kier alpha value is -3.62. The van der Waals surface area contributed by atoms with Gasteiger partial charge in [-0.25, -0.2) is 9.36 Å². The Labute approximate surface area is 198 Å². The molecule has 0 saturated carbocycles. The predicted octanol–water partition coefficient (Wildman–Crippen LogP) is 4.15. The second kappa shape index (κ2) is 9.09. The van der Waals surface area contributed by atoms with Gasteiger partial charge in [-0.3, -0.25) is 19.5 Å². The lowest BCUT2D eigenvalue weighted by molar-refractivity contribution is 0.430. The number of aromatic hydroxyl groups is 1. The van der Waals surface area contributed by atoms with Gasteiger partial charge in [-0.2, -0.15) is 5.10 Å². The molecule has 4 rings (SSSR count). The number of nitrogens with zero attached hydrogens (tertiary/aromatic N) is 4. The first-order chi connectivity index (χ1) is 15.8. The molecule has 0 fully saturated rings. The first-order valence-electron chi connectivity index (χ1n) is 9.92. The van der Waals surface area contributed by atoms with Crippen LogP contribution in [0.4, 0.5) is 5.69 Å². The van der Waals surface area contributed by atoms with Crippen molar-refractivity contribution in [1.29, 1.82) is 0 Å². The van der Waals surface area contributed by atoms with Crippen molar-refractivity contribution in [2.75, 3.05) is 0 Å². The molecule has 0 saturated heterocycles. The van der Waals surface area contributed by atoms with Crippen LogP contribution in [-0.2, 0) is 6.54 Å². The van der Waals surface area contributed by atoms with Crippen molar-refractivity contribution in [2.45, 2.75) is 20.4 Å². The Morgan fingerprint density at radius 2 is 1.73 bits per heavy atom. The highest BCUT2D eigenvalue weighted by atomic mass is 35.5. The molecule has 0 unspecified atom stereocenters. The fourth-order valence-corrected chi connectivity index (χ4v) is 3.87. The van der Waals surface area contributed by atoms with Gasteiger partial charge in [0.25, 0.3) is 5.56 Å². The fourth-order valence-electron chi connectivity index (χ4n) is 3.46. The van der Waals surface area contributed by atoms with Gasteiger partial charge in [0.1, 0.15) is 11.3 Å². The molecule has 0 aliphatic rings. The molecule has 2 aromatic carbocycles. The van der Waals surface area contributed by atoms with Crippen LogP contribution in [0.5, 0.6) is 5.88 Å². The maximum Gasteiger partial charge on any atom is 0.335 e. The quantitative estimate of drug-likeness (QED) is 0.415. The number of benzene rings is 2. The Morgan fingerprint density at radius 1 is 1.06 bits per heavy atom. The molecule has 0 radical (unpaired) electrons. The van der Waals surface area contributed by atoms with Crippen LogP contribution >= 0.6 is 23.2 Å². The zero-order valence-corrected chi connectivity index (χ0v) is 19.2. The van der Waals surface area contributed by atoms with Gasteiger partial charge in [0.2, 0.25) is 5.88 Å². The van der Waals surface area contributed by atoms with E-state index >= 15 is 0 Å². The van der Waals surface area contributed by atoms with E-state index in [2.05, 4.69) is 15.1 Å². The molecule has 0 aliphatic carbocycles. The number of para-hydroxylation sites is 1. The summed E-state index contributed by atoms with van der Waals surface area (Å²) in [5, 5.41) is 16.1. The minimum atomic E-state index is -0.817. The van der Waals surface area contributed by atoms with Crippen molar-refractivity contribution in [3.05, 3.63) is 102 Å². The summed E-state index contributed by atoms with van der Waals surface area (Å²) < 4.78 is 2.68. The maximum absolute atomic E-state index is 12.4. The zero-order valence-electron chi connectivity index (χ0n) is 17.7. The fraction of sp³-hybridized carbons (Fsp3) is 0.130. The number of rotatable bonds is 5. The normalized spacial score (nSPS) is 11.4. The molecule has 0 aliphatic heterocycles. The van der Waals surface area contributed by atoms with Gasteiger partial charge in [0, 0.05) is 11.2 Å². The summed E-state index contributed by atoms with van der Waals surface area (Å²) in [5.74, 6) is -0.570. The third kappa shape index (κ3) is 4.35. The van der Waals surface area contributed by atoms with E-state index in [0.29, 0.717) is 22.9 Å². The van der Waals surface area contributed by atoms with Gasteiger partial charge in [-0.1, -0.05) is 53.5 Å². The molecule has 33 heavy (non-hydrogen) atoms. The van der Waals surface area contributed by atoms with E-state index in [-0.39, 0.29) is 16.3 Å². The molecule has 10 heteroatoms. The molecule has 0 amide bonds. The average Bonchev–Trinajstić information content (AvgIpc) is 3.03. The summed E-state index contributed by atoms with van der Waals surface area (Å²) in [4.78, 5) is 31.4. The van der Waals surface area contributed by atoms with Crippen LogP contribution in [0.1, 0.15) is 22.5 Å². The number of aliphatic imine (C=N–C) groups is 1. The summed E-state index contributed by atoms with van der Waals surface area (Å²) in [5.41, 5.74) is 1.27. The predicted molar refractivity (Wildman–Crippen MR) is 129 cm³/mol. The molecule has 8 nitrogen and oxygen atoms in total. The maximum atomic E-state index is 12.4. The minimum absolute atomic E-state index is 0.188. The summed E-state index contributed by atoms with van der Waals surface area (Å²) in [6.45, 7) is 4.08. The molecular formula is C23H19Cl2N5O3. The topological polar surface area (TPSA) is 105 Å². The minimum Gasteiger partial charge on any atom is -0.493 e. The highest BCUT2D eigenvalue weighted by Gasteiger charge is 2.17. The monoisotopic (exact) mass is 483 g/mol. The van der Waals surface area contributed by atoms with Crippen molar-refractivity contribution in [3.63, 3.8) is 0 Å². The molecule has 168 valence electrons. The average molecular weight is 484 g/mol. The van der Waals surface area contributed by atoms with Crippen LogP contribution in [0.2, 0.25) is 10.0 Å². The van der Waals surface area contributed by atoms with E-state index in [4.69, 9.17) is 23.2 Å². The third-order valence-corrected chi connectivity index (χ3v) is 5.85. The van der Waals surface area contributed by atoms with Crippen LogP contribution in [0.25, 0.3) is 5.69 Å². The van der Waals surface area contributed by atoms with Crippen molar-refractivity contribution in [2.24, 2.45) is 4.99 Å². The van der Waals surface area contributed by atoms with E-state index in [1.54, 1.807) is 35.9 Å². The van der Waals surface area contributed by atoms with Crippen LogP contribution in [0.3, 0.4) is 0 Å². The molecule has 2 heterocycles. The summed E-state index contributed by atoms with van der Waals surface area (Å²) in [6, 6.07) is 13.9. The standard InChI is InChI=1S/C23H19Cl2N5O3/c1-13-20(14(2)29(28-13)12-15-7-3-4-8-17(15)24)26-11-16-21(31)27-23(33)30(22(16)32)19-10-6-5-9-18(19)25/h3-11,32H,12H2,1-2H3,(H,27,31,33). The SMILES string of the molecule is Cc1nn(Cc2ccccc2Cl)c(C)c1N=Cc1c(O)n(-c2ccccc2Cl)c(=O)[nH]c1=O. The molecule has 2 N–H and O–H groups in total. The van der Waals surface area contributed by atoms with Gasteiger partial charge in [-0.15, -0.1) is 0 Å². The molecule has 0 spiro atoms. The van der Waals surface area contributed by atoms with Gasteiger partial charge >= 0.3 is 5.69 Å². The first kappa shape index (κ1) is 22.6. The molecule has 2 aromatic heterocycles. The Morgan fingerprint density at radius 3 is 2.42 bits per heavy atom. The number of aryl methyl sites for hydroxylation is 1. The van der Waals surface area contributed by atoms with E-state index < -0.39 is 17.1 Å². The van der Waals surface area contributed by atoms with E-state index in [1.165, 1.54) is 6.21 Å². The Balaban J connectivity index is 1.75. The number of aromatic nitrogens is 4. The van der Waals surface area contributed by atoms with Gasteiger partial charge in [0.15, 0.2) is 0 Å². The number of nitrogens with one attached hydrogen (secondary N) is 1. The van der Waals surface area contributed by atoms with Gasteiger partial charge < -0.3 is 5.11 Å². The highest BCUT2D eigenvalue weighted by molar-refractivity contribution is 6.32. The lowest BCUT2D eigenvalue weighted by atomic mass is 10.2. The van der Waals surface area contributed by atoms with Gasteiger partial charge in [-0.05, 0) is 37.6 Å². The Bertz CT molecular complexity index is 1500. The summed E-state index contributed by atoms with van der Waals surface area (Å²) in [6.07, 6.45) is 1.21. The van der Waals surface area contributed by atoms with Crippen LogP contribution < -0.4 is 11.2 Å². The zero-order chi connectivity index (χ0) is 23.7. The van der Waals surface area contributed by atoms with Crippen molar-refractivity contribution in [3.8, 4) is 11.6 Å². The van der Waals surface area contributed by atoms with E-state index in [1.807, 2.05) is 31.2 Å². The van der Waals surface area contributed by atoms with E-state index in [0.717, 1.165) is 15.8 Å². The molecular weight excluding hydrogens is 465 g/mol. The van der Waals surface area contributed by atoms with Crippen molar-refractivity contribution >= 4 is 35.1 Å². The number of H-pyrrole nitrogens is 1. The van der Waals surface area contributed by atoms with E-state index in [9.17, 15) is 14.7 Å². The second-order valence-corrected chi connectivity index (χ2v) is 8.12. The van der Waals surface area contributed by atoms with Crippen LogP contribution in [0, 0.1) is 13.8 Å². The highest BCUT2D eigenvalue weighted by Crippen LogP contribution is 2.26. The lowest BCUT2D eigenvalue weighted by Gasteiger charge is -2.10.